The third-order valence-corrected chi connectivity index (χ3v) is 4.66. The predicted octanol–water partition coefficient (Wildman–Crippen LogP) is 4.20. The summed E-state index contributed by atoms with van der Waals surface area (Å²) >= 11 is 0. The van der Waals surface area contributed by atoms with Crippen LogP contribution in [0.15, 0.2) is 42.5 Å². The first-order valence-corrected chi connectivity index (χ1v) is 9.12. The molecule has 2 aromatic rings. The van der Waals surface area contributed by atoms with Crippen LogP contribution in [0.5, 0.6) is 5.75 Å². The van der Waals surface area contributed by atoms with Crippen molar-refractivity contribution < 1.29 is 9.53 Å². The molecule has 0 aliphatic rings. The molecule has 0 radical (unpaired) electrons. The molecule has 2 rings (SSSR count). The maximum atomic E-state index is 11.1. The van der Waals surface area contributed by atoms with E-state index in [-0.39, 0.29) is 5.91 Å². The minimum atomic E-state index is -0.0461. The lowest BCUT2D eigenvalue weighted by Crippen LogP contribution is -2.35. The fraction of sp³-hybridized carbons (Fsp3) is 0.409. The third-order valence-electron chi connectivity index (χ3n) is 4.66. The zero-order valence-corrected chi connectivity index (χ0v) is 16.5. The molecule has 0 spiro atoms. The first-order valence-electron chi connectivity index (χ1n) is 9.12. The second-order valence-electron chi connectivity index (χ2n) is 6.99. The summed E-state index contributed by atoms with van der Waals surface area (Å²) in [7, 11) is 2.13. The molecule has 1 N–H and O–H groups in total. The van der Waals surface area contributed by atoms with Crippen molar-refractivity contribution in [1.29, 1.82) is 0 Å². The van der Waals surface area contributed by atoms with Crippen LogP contribution in [0.4, 0.5) is 5.69 Å². The fourth-order valence-corrected chi connectivity index (χ4v) is 2.84. The normalized spacial score (nSPS) is 12.1. The molecule has 0 heterocycles. The van der Waals surface area contributed by atoms with E-state index in [4.69, 9.17) is 4.74 Å². The number of amides is 1. The maximum absolute atomic E-state index is 11.1. The highest BCUT2D eigenvalue weighted by molar-refractivity contribution is 5.88. The van der Waals surface area contributed by atoms with Gasteiger partial charge in [-0.3, -0.25) is 9.69 Å². The van der Waals surface area contributed by atoms with E-state index < -0.39 is 0 Å². The standard InChI is InChI=1S/C22H30N2O2/c1-16-7-6-8-17(2)22(16)26-15-18(3)24(5)14-13-20-9-11-21(12-10-20)23-19(4)25/h6-12,18H,13-15H2,1-5H3,(H,23,25). The Morgan fingerprint density at radius 2 is 1.73 bits per heavy atom. The summed E-state index contributed by atoms with van der Waals surface area (Å²) in [5.41, 5.74) is 4.46. The van der Waals surface area contributed by atoms with Gasteiger partial charge in [-0.05, 0) is 63.1 Å². The second-order valence-corrected chi connectivity index (χ2v) is 6.99. The number of hydrogen-bond acceptors (Lipinski definition) is 3. The first kappa shape index (κ1) is 20.0. The molecule has 0 aliphatic carbocycles. The zero-order valence-electron chi connectivity index (χ0n) is 16.5. The van der Waals surface area contributed by atoms with Crippen LogP contribution in [0.2, 0.25) is 0 Å². The van der Waals surface area contributed by atoms with Crippen LogP contribution in [0, 0.1) is 13.8 Å². The number of aryl methyl sites for hydroxylation is 2. The molecule has 4 heteroatoms. The number of anilines is 1. The molecule has 4 nitrogen and oxygen atoms in total. The molecule has 0 saturated heterocycles. The summed E-state index contributed by atoms with van der Waals surface area (Å²) in [6.45, 7) is 9.50. The summed E-state index contributed by atoms with van der Waals surface area (Å²) in [4.78, 5) is 13.4. The summed E-state index contributed by atoms with van der Waals surface area (Å²) in [5.74, 6) is 0.955. The lowest BCUT2D eigenvalue weighted by atomic mass is 10.1. The Kier molecular flexibility index (Phi) is 7.22. The summed E-state index contributed by atoms with van der Waals surface area (Å²) in [6, 6.07) is 14.6. The number of hydrogen-bond donors (Lipinski definition) is 1. The number of ether oxygens (including phenoxy) is 1. The number of rotatable bonds is 8. The molecule has 1 amide bonds. The Morgan fingerprint density at radius 1 is 1.12 bits per heavy atom. The minimum Gasteiger partial charge on any atom is -0.491 e. The lowest BCUT2D eigenvalue weighted by Gasteiger charge is -2.25. The quantitative estimate of drug-likeness (QED) is 0.772. The number of likely N-dealkylation sites (N-methyl/N-ethyl adjacent to an activating group) is 1. The SMILES string of the molecule is CC(=O)Nc1ccc(CCN(C)C(C)COc2c(C)cccc2C)cc1. The van der Waals surface area contributed by atoms with Crippen LogP contribution < -0.4 is 10.1 Å². The molecule has 0 fully saturated rings. The van der Waals surface area contributed by atoms with Crippen molar-refractivity contribution >= 4 is 11.6 Å². The van der Waals surface area contributed by atoms with Crippen molar-refractivity contribution in [3.63, 3.8) is 0 Å². The van der Waals surface area contributed by atoms with Crippen LogP contribution in [-0.4, -0.2) is 37.0 Å². The Hall–Kier alpha value is -2.33. The van der Waals surface area contributed by atoms with Crippen molar-refractivity contribution in [1.82, 2.24) is 4.90 Å². The van der Waals surface area contributed by atoms with Gasteiger partial charge in [0.25, 0.3) is 0 Å². The van der Waals surface area contributed by atoms with Gasteiger partial charge in [0, 0.05) is 25.2 Å². The van der Waals surface area contributed by atoms with Gasteiger partial charge in [0.05, 0.1) is 0 Å². The number of benzene rings is 2. The van der Waals surface area contributed by atoms with Crippen molar-refractivity contribution in [3.05, 3.63) is 59.2 Å². The minimum absolute atomic E-state index is 0.0461. The van der Waals surface area contributed by atoms with Gasteiger partial charge < -0.3 is 10.1 Å². The molecule has 1 atom stereocenters. The fourth-order valence-electron chi connectivity index (χ4n) is 2.84. The van der Waals surface area contributed by atoms with Crippen LogP contribution in [0.3, 0.4) is 0 Å². The topological polar surface area (TPSA) is 41.6 Å². The highest BCUT2D eigenvalue weighted by Gasteiger charge is 2.12. The summed E-state index contributed by atoms with van der Waals surface area (Å²) in [5, 5.41) is 2.79. The average molecular weight is 354 g/mol. The predicted molar refractivity (Wildman–Crippen MR) is 108 cm³/mol. The van der Waals surface area contributed by atoms with Gasteiger partial charge in [-0.1, -0.05) is 30.3 Å². The highest BCUT2D eigenvalue weighted by Crippen LogP contribution is 2.22. The highest BCUT2D eigenvalue weighted by atomic mass is 16.5. The molecule has 1 unspecified atom stereocenters. The Labute approximate surface area is 157 Å². The molecular formula is C22H30N2O2. The molecule has 0 saturated carbocycles. The van der Waals surface area contributed by atoms with E-state index in [9.17, 15) is 4.79 Å². The number of carbonyl (C=O) groups excluding carboxylic acids is 1. The van der Waals surface area contributed by atoms with Gasteiger partial charge in [-0.15, -0.1) is 0 Å². The van der Waals surface area contributed by atoms with E-state index in [1.54, 1.807) is 0 Å². The number of nitrogens with zero attached hydrogens (tertiary/aromatic N) is 1. The Balaban J connectivity index is 1.81. The van der Waals surface area contributed by atoms with Gasteiger partial charge in [0.1, 0.15) is 12.4 Å². The van der Waals surface area contributed by atoms with Gasteiger partial charge in [0.15, 0.2) is 0 Å². The lowest BCUT2D eigenvalue weighted by molar-refractivity contribution is -0.114. The van der Waals surface area contributed by atoms with Gasteiger partial charge >= 0.3 is 0 Å². The molecule has 0 bridgehead atoms. The van der Waals surface area contributed by atoms with E-state index in [1.807, 2.05) is 12.1 Å². The van der Waals surface area contributed by atoms with E-state index in [0.29, 0.717) is 12.6 Å². The molecule has 0 aliphatic heterocycles. The average Bonchev–Trinajstić information content (AvgIpc) is 2.59. The molecular weight excluding hydrogens is 324 g/mol. The van der Waals surface area contributed by atoms with Crippen LogP contribution in [0.25, 0.3) is 0 Å². The van der Waals surface area contributed by atoms with E-state index >= 15 is 0 Å². The van der Waals surface area contributed by atoms with Crippen molar-refractivity contribution in [3.8, 4) is 5.75 Å². The van der Waals surface area contributed by atoms with E-state index in [2.05, 4.69) is 68.4 Å². The molecule has 140 valence electrons. The van der Waals surface area contributed by atoms with Crippen LogP contribution in [-0.2, 0) is 11.2 Å². The van der Waals surface area contributed by atoms with Crippen LogP contribution >= 0.6 is 0 Å². The Morgan fingerprint density at radius 3 is 2.31 bits per heavy atom. The van der Waals surface area contributed by atoms with Gasteiger partial charge in [-0.25, -0.2) is 0 Å². The van der Waals surface area contributed by atoms with Gasteiger partial charge in [0.2, 0.25) is 5.91 Å². The second kappa shape index (κ2) is 9.39. The largest absolute Gasteiger partial charge is 0.491 e. The van der Waals surface area contributed by atoms with Crippen LogP contribution in [0.1, 0.15) is 30.5 Å². The number of carbonyl (C=O) groups is 1. The molecule has 2 aromatic carbocycles. The maximum Gasteiger partial charge on any atom is 0.221 e. The number of para-hydroxylation sites is 1. The Bertz CT molecular complexity index is 705. The molecule has 26 heavy (non-hydrogen) atoms. The smallest absolute Gasteiger partial charge is 0.221 e. The van der Waals surface area contributed by atoms with Gasteiger partial charge in [-0.2, -0.15) is 0 Å². The van der Waals surface area contributed by atoms with Crippen molar-refractivity contribution in [2.24, 2.45) is 0 Å². The monoisotopic (exact) mass is 354 g/mol. The van der Waals surface area contributed by atoms with E-state index in [0.717, 1.165) is 24.4 Å². The summed E-state index contributed by atoms with van der Waals surface area (Å²) in [6.07, 6.45) is 0.963. The zero-order chi connectivity index (χ0) is 19.1. The first-order chi connectivity index (χ1) is 12.4. The van der Waals surface area contributed by atoms with E-state index in [1.165, 1.54) is 23.6 Å². The third kappa shape index (κ3) is 5.88. The number of nitrogens with one attached hydrogen (secondary N) is 1. The summed E-state index contributed by atoms with van der Waals surface area (Å²) < 4.78 is 6.07. The molecule has 0 aromatic heterocycles. The van der Waals surface area contributed by atoms with Crippen molar-refractivity contribution in [2.45, 2.75) is 40.2 Å². The van der Waals surface area contributed by atoms with Crippen molar-refractivity contribution in [2.75, 3.05) is 25.5 Å².